The Morgan fingerprint density at radius 3 is 2.71 bits per heavy atom. The van der Waals surface area contributed by atoms with Crippen LogP contribution >= 0.6 is 11.6 Å². The second kappa shape index (κ2) is 4.88. The molecule has 0 aliphatic carbocycles. The van der Waals surface area contributed by atoms with E-state index in [9.17, 15) is 0 Å². The Hall–Kier alpha value is -2.01. The van der Waals surface area contributed by atoms with Gasteiger partial charge < -0.3 is 15.8 Å². The highest BCUT2D eigenvalue weighted by Gasteiger charge is 2.02. The van der Waals surface area contributed by atoms with E-state index in [1.807, 2.05) is 6.07 Å². The van der Waals surface area contributed by atoms with E-state index in [1.165, 1.54) is 6.20 Å². The highest BCUT2D eigenvalue weighted by Crippen LogP contribution is 2.23. The summed E-state index contributed by atoms with van der Waals surface area (Å²) in [5.41, 5.74) is 7.02. The molecule has 0 radical (unpaired) electrons. The van der Waals surface area contributed by atoms with Gasteiger partial charge in [0.05, 0.1) is 29.7 Å². The molecule has 2 aromatic rings. The molecule has 17 heavy (non-hydrogen) atoms. The van der Waals surface area contributed by atoms with Crippen molar-refractivity contribution in [3.8, 4) is 5.88 Å². The fraction of sp³-hybridized carbons (Fsp3) is 0.0909. The topological polar surface area (TPSA) is 73.1 Å². The zero-order chi connectivity index (χ0) is 12.3. The van der Waals surface area contributed by atoms with Gasteiger partial charge in [0.25, 0.3) is 0 Å². The minimum absolute atomic E-state index is 0.480. The first kappa shape index (κ1) is 11.5. The number of nitrogens with zero attached hydrogens (tertiary/aromatic N) is 2. The zero-order valence-electron chi connectivity index (χ0n) is 9.14. The van der Waals surface area contributed by atoms with Crippen molar-refractivity contribution in [1.82, 2.24) is 9.97 Å². The lowest BCUT2D eigenvalue weighted by Gasteiger charge is -2.08. The van der Waals surface area contributed by atoms with Crippen molar-refractivity contribution in [2.24, 2.45) is 0 Å². The number of halogens is 1. The Labute approximate surface area is 104 Å². The van der Waals surface area contributed by atoms with Crippen molar-refractivity contribution in [1.29, 1.82) is 0 Å². The molecular weight excluding hydrogens is 240 g/mol. The van der Waals surface area contributed by atoms with E-state index < -0.39 is 0 Å². The van der Waals surface area contributed by atoms with Crippen molar-refractivity contribution < 1.29 is 4.74 Å². The number of anilines is 3. The van der Waals surface area contributed by atoms with Crippen molar-refractivity contribution in [3.63, 3.8) is 0 Å². The molecule has 6 heteroatoms. The minimum atomic E-state index is 0.480. The molecule has 0 spiro atoms. The summed E-state index contributed by atoms with van der Waals surface area (Å²) in [6, 6.07) is 5.20. The summed E-state index contributed by atoms with van der Waals surface area (Å²) >= 11 is 5.76. The monoisotopic (exact) mass is 250 g/mol. The van der Waals surface area contributed by atoms with E-state index in [0.29, 0.717) is 22.4 Å². The lowest BCUT2D eigenvalue weighted by molar-refractivity contribution is 0.398. The summed E-state index contributed by atoms with van der Waals surface area (Å²) < 4.78 is 4.96. The average molecular weight is 251 g/mol. The number of methoxy groups -OCH3 is 1. The van der Waals surface area contributed by atoms with Crippen LogP contribution in [-0.2, 0) is 0 Å². The third-order valence-electron chi connectivity index (χ3n) is 2.09. The number of nitrogens with one attached hydrogen (secondary N) is 1. The Morgan fingerprint density at radius 1 is 1.29 bits per heavy atom. The maximum Gasteiger partial charge on any atom is 0.213 e. The van der Waals surface area contributed by atoms with Gasteiger partial charge in [0.15, 0.2) is 5.82 Å². The molecule has 2 rings (SSSR count). The molecule has 2 heterocycles. The minimum Gasteiger partial charge on any atom is -0.481 e. The van der Waals surface area contributed by atoms with E-state index in [2.05, 4.69) is 15.3 Å². The van der Waals surface area contributed by atoms with Crippen LogP contribution in [0.25, 0.3) is 0 Å². The summed E-state index contributed by atoms with van der Waals surface area (Å²) in [5, 5.41) is 3.54. The number of hydrogen-bond acceptors (Lipinski definition) is 5. The van der Waals surface area contributed by atoms with Crippen LogP contribution in [-0.4, -0.2) is 17.1 Å². The molecule has 5 nitrogen and oxygen atoms in total. The van der Waals surface area contributed by atoms with E-state index in [1.54, 1.807) is 25.4 Å². The summed E-state index contributed by atoms with van der Waals surface area (Å²) in [6.07, 6.45) is 3.16. The molecule has 0 saturated carbocycles. The number of hydrogen-bond donors (Lipinski definition) is 2. The van der Waals surface area contributed by atoms with Crippen LogP contribution in [0.15, 0.2) is 30.6 Å². The van der Waals surface area contributed by atoms with Crippen molar-refractivity contribution in [2.75, 3.05) is 18.2 Å². The predicted molar refractivity (Wildman–Crippen MR) is 67.7 cm³/mol. The fourth-order valence-corrected chi connectivity index (χ4v) is 1.44. The van der Waals surface area contributed by atoms with Crippen LogP contribution in [0.2, 0.25) is 5.02 Å². The van der Waals surface area contributed by atoms with Gasteiger partial charge in [-0.1, -0.05) is 11.6 Å². The average Bonchev–Trinajstić information content (AvgIpc) is 2.34. The van der Waals surface area contributed by atoms with Crippen molar-refractivity contribution in [2.45, 2.75) is 0 Å². The second-order valence-corrected chi connectivity index (χ2v) is 3.74. The van der Waals surface area contributed by atoms with E-state index >= 15 is 0 Å². The van der Waals surface area contributed by atoms with Crippen LogP contribution in [0.5, 0.6) is 5.88 Å². The first-order chi connectivity index (χ1) is 8.19. The van der Waals surface area contributed by atoms with E-state index in [0.717, 1.165) is 5.69 Å². The molecule has 0 aliphatic rings. The summed E-state index contributed by atoms with van der Waals surface area (Å²) in [5.74, 6) is 1.09. The summed E-state index contributed by atoms with van der Waals surface area (Å²) in [6.45, 7) is 0. The van der Waals surface area contributed by atoms with Crippen LogP contribution in [0.3, 0.4) is 0 Å². The maximum absolute atomic E-state index is 5.77. The van der Waals surface area contributed by atoms with Crippen LogP contribution in [0.4, 0.5) is 17.2 Å². The van der Waals surface area contributed by atoms with Gasteiger partial charge in [0.1, 0.15) is 0 Å². The van der Waals surface area contributed by atoms with Gasteiger partial charge in [-0.3, -0.25) is 0 Å². The molecule has 0 fully saturated rings. The highest BCUT2D eigenvalue weighted by atomic mass is 35.5. The van der Waals surface area contributed by atoms with E-state index in [4.69, 9.17) is 22.1 Å². The second-order valence-electron chi connectivity index (χ2n) is 3.31. The SMILES string of the molecule is COc1ccc(Nc2ncc(Cl)cc2N)cn1. The number of pyridine rings is 2. The van der Waals surface area contributed by atoms with Crippen LogP contribution in [0, 0.1) is 0 Å². The Bertz CT molecular complexity index is 515. The molecule has 2 aromatic heterocycles. The largest absolute Gasteiger partial charge is 0.481 e. The number of aromatic nitrogens is 2. The molecule has 0 aromatic carbocycles. The maximum atomic E-state index is 5.77. The smallest absolute Gasteiger partial charge is 0.213 e. The van der Waals surface area contributed by atoms with Gasteiger partial charge >= 0.3 is 0 Å². The Balaban J connectivity index is 2.19. The molecule has 3 N–H and O–H groups in total. The quantitative estimate of drug-likeness (QED) is 0.875. The number of nitrogen functional groups attached to an aromatic ring is 1. The third kappa shape index (κ3) is 2.76. The number of ether oxygens (including phenoxy) is 1. The first-order valence-electron chi connectivity index (χ1n) is 4.87. The summed E-state index contributed by atoms with van der Waals surface area (Å²) in [4.78, 5) is 8.15. The zero-order valence-corrected chi connectivity index (χ0v) is 9.90. The molecular formula is C11H11ClN4O. The highest BCUT2D eigenvalue weighted by molar-refractivity contribution is 6.30. The van der Waals surface area contributed by atoms with Crippen molar-refractivity contribution >= 4 is 28.8 Å². The molecule has 0 aliphatic heterocycles. The molecule has 0 unspecified atom stereocenters. The van der Waals surface area contributed by atoms with Crippen LogP contribution < -0.4 is 15.8 Å². The van der Waals surface area contributed by atoms with Gasteiger partial charge in [-0.05, 0) is 12.1 Å². The molecule has 0 atom stereocenters. The Kier molecular flexibility index (Phi) is 3.30. The lowest BCUT2D eigenvalue weighted by Crippen LogP contribution is -1.99. The number of rotatable bonds is 3. The third-order valence-corrected chi connectivity index (χ3v) is 2.30. The van der Waals surface area contributed by atoms with Gasteiger partial charge in [-0.15, -0.1) is 0 Å². The van der Waals surface area contributed by atoms with Gasteiger partial charge in [-0.25, -0.2) is 9.97 Å². The van der Waals surface area contributed by atoms with Gasteiger partial charge in [-0.2, -0.15) is 0 Å². The van der Waals surface area contributed by atoms with Crippen LogP contribution in [0.1, 0.15) is 0 Å². The normalized spacial score (nSPS) is 10.0. The summed E-state index contributed by atoms with van der Waals surface area (Å²) in [7, 11) is 1.56. The van der Waals surface area contributed by atoms with Gasteiger partial charge in [0.2, 0.25) is 5.88 Å². The standard InChI is InChI=1S/C11H11ClN4O/c1-17-10-3-2-8(6-14-10)16-11-9(13)4-7(12)5-15-11/h2-6H,13H2,1H3,(H,15,16). The number of nitrogens with two attached hydrogens (primary N) is 1. The molecule has 0 amide bonds. The van der Waals surface area contributed by atoms with E-state index in [-0.39, 0.29) is 0 Å². The fourth-order valence-electron chi connectivity index (χ4n) is 1.27. The first-order valence-corrected chi connectivity index (χ1v) is 5.25. The van der Waals surface area contributed by atoms with Gasteiger partial charge in [0, 0.05) is 12.3 Å². The Morgan fingerprint density at radius 2 is 2.12 bits per heavy atom. The van der Waals surface area contributed by atoms with Crippen molar-refractivity contribution in [3.05, 3.63) is 35.6 Å². The lowest BCUT2D eigenvalue weighted by atomic mass is 10.3. The molecule has 0 saturated heterocycles. The predicted octanol–water partition coefficient (Wildman–Crippen LogP) is 2.46. The molecule has 88 valence electrons. The molecule has 0 bridgehead atoms.